The van der Waals surface area contributed by atoms with Crippen LogP contribution in [0.2, 0.25) is 0 Å². The van der Waals surface area contributed by atoms with E-state index in [0.29, 0.717) is 24.0 Å². The highest BCUT2D eigenvalue weighted by Gasteiger charge is 2.45. The standard InChI is InChI=1S/C30H34O9/c1-19-10-8-14-23(37-28(32)20-11-6-5-7-12-20)27-24(38-30(2,3)39-27)15-9-13-21-16-22(31)17-25(35-18-34-4)26(21)29(33)36-19/h5-9,11-14,16-17,19,23-24,27,31H,10,15,18H2,1-4H3/b13-9?,14-8-/t19-,23?,24-,27+/m0/s1. The van der Waals surface area contributed by atoms with Crippen LogP contribution in [0.15, 0.2) is 60.7 Å². The molecule has 1 unspecified atom stereocenters. The van der Waals surface area contributed by atoms with E-state index in [1.165, 1.54) is 19.2 Å². The van der Waals surface area contributed by atoms with Gasteiger partial charge < -0.3 is 33.5 Å². The van der Waals surface area contributed by atoms with Gasteiger partial charge in [0.05, 0.1) is 11.7 Å². The van der Waals surface area contributed by atoms with Crippen LogP contribution in [0.3, 0.4) is 0 Å². The second kappa shape index (κ2) is 12.5. The highest BCUT2D eigenvalue weighted by molar-refractivity contribution is 5.97. The first-order valence-electron chi connectivity index (χ1n) is 12.8. The number of carbonyl (C=O) groups excluding carboxylic acids is 2. The van der Waals surface area contributed by atoms with Crippen molar-refractivity contribution >= 4 is 18.0 Å². The monoisotopic (exact) mass is 538 g/mol. The first-order valence-corrected chi connectivity index (χ1v) is 12.8. The van der Waals surface area contributed by atoms with E-state index in [-0.39, 0.29) is 23.9 Å². The summed E-state index contributed by atoms with van der Waals surface area (Å²) >= 11 is 0. The lowest BCUT2D eigenvalue weighted by molar-refractivity contribution is -0.152. The Morgan fingerprint density at radius 3 is 2.62 bits per heavy atom. The zero-order chi connectivity index (χ0) is 28.0. The summed E-state index contributed by atoms with van der Waals surface area (Å²) in [6.45, 7) is 5.25. The van der Waals surface area contributed by atoms with Gasteiger partial charge in [0, 0.05) is 19.6 Å². The maximum atomic E-state index is 13.2. The fourth-order valence-electron chi connectivity index (χ4n) is 4.54. The van der Waals surface area contributed by atoms with E-state index < -0.39 is 42.1 Å². The number of hydrogen-bond acceptors (Lipinski definition) is 9. The first kappa shape index (κ1) is 28.4. The van der Waals surface area contributed by atoms with Gasteiger partial charge >= 0.3 is 11.9 Å². The van der Waals surface area contributed by atoms with E-state index in [1.54, 1.807) is 63.3 Å². The van der Waals surface area contributed by atoms with Gasteiger partial charge in [0.1, 0.15) is 35.4 Å². The molecule has 2 aliphatic rings. The lowest BCUT2D eigenvalue weighted by atomic mass is 10.0. The number of aromatic hydroxyl groups is 1. The molecule has 4 rings (SSSR count). The van der Waals surface area contributed by atoms with Crippen molar-refractivity contribution in [1.82, 2.24) is 0 Å². The van der Waals surface area contributed by atoms with Crippen LogP contribution in [-0.4, -0.2) is 61.2 Å². The molecular formula is C30H34O9. The third-order valence-electron chi connectivity index (χ3n) is 6.22. The smallest absolute Gasteiger partial charge is 0.342 e. The van der Waals surface area contributed by atoms with Crippen LogP contribution in [-0.2, 0) is 23.7 Å². The number of fused-ring (bicyclic) bond motifs is 2. The average molecular weight is 539 g/mol. The summed E-state index contributed by atoms with van der Waals surface area (Å²) in [6, 6.07) is 11.5. The second-order valence-corrected chi connectivity index (χ2v) is 9.85. The second-order valence-electron chi connectivity index (χ2n) is 9.85. The maximum absolute atomic E-state index is 13.2. The fraction of sp³-hybridized carbons (Fsp3) is 0.400. The van der Waals surface area contributed by atoms with Crippen LogP contribution in [0.4, 0.5) is 0 Å². The minimum absolute atomic E-state index is 0.0817. The molecule has 0 bridgehead atoms. The summed E-state index contributed by atoms with van der Waals surface area (Å²) in [5.74, 6) is -1.94. The molecular weight excluding hydrogens is 504 g/mol. The van der Waals surface area contributed by atoms with Gasteiger partial charge in [-0.1, -0.05) is 36.4 Å². The van der Waals surface area contributed by atoms with Crippen molar-refractivity contribution in [2.45, 2.75) is 63.8 Å². The number of phenolic OH excluding ortho intramolecular Hbond substituents is 1. The molecule has 0 saturated carbocycles. The third-order valence-corrected chi connectivity index (χ3v) is 6.22. The number of cyclic esters (lactones) is 1. The van der Waals surface area contributed by atoms with Gasteiger partial charge in [-0.15, -0.1) is 0 Å². The number of carbonyl (C=O) groups is 2. The predicted octanol–water partition coefficient (Wildman–Crippen LogP) is 5.03. The topological polar surface area (TPSA) is 110 Å². The minimum Gasteiger partial charge on any atom is -0.508 e. The fourth-order valence-corrected chi connectivity index (χ4v) is 4.54. The first-order chi connectivity index (χ1) is 18.7. The van der Waals surface area contributed by atoms with Crippen LogP contribution >= 0.6 is 0 Å². The number of ether oxygens (including phenoxy) is 6. The Labute approximate surface area is 227 Å². The highest BCUT2D eigenvalue weighted by Crippen LogP contribution is 2.35. The number of methoxy groups -OCH3 is 1. The van der Waals surface area contributed by atoms with E-state index in [1.807, 2.05) is 12.1 Å². The number of hydrogen-bond donors (Lipinski definition) is 1. The Morgan fingerprint density at radius 1 is 1.10 bits per heavy atom. The quantitative estimate of drug-likeness (QED) is 0.318. The summed E-state index contributed by atoms with van der Waals surface area (Å²) in [6.07, 6.45) is 5.44. The Balaban J connectivity index is 1.69. The molecule has 1 N–H and O–H groups in total. The zero-order valence-electron chi connectivity index (χ0n) is 22.5. The normalized spacial score (nSPS) is 25.5. The van der Waals surface area contributed by atoms with Gasteiger partial charge in [0.2, 0.25) is 0 Å². The van der Waals surface area contributed by atoms with Crippen molar-refractivity contribution in [1.29, 1.82) is 0 Å². The third kappa shape index (κ3) is 7.26. The summed E-state index contributed by atoms with van der Waals surface area (Å²) < 4.78 is 34.5. The SMILES string of the molecule is COCOc1cc(O)cc2c1C(=O)O[C@@H](C)C/C=C\C(OC(=O)c1ccccc1)[C@H]1OC(C)(C)O[C@H]1CC=C2. The van der Waals surface area contributed by atoms with Crippen molar-refractivity contribution in [2.75, 3.05) is 13.9 Å². The van der Waals surface area contributed by atoms with E-state index in [2.05, 4.69) is 0 Å². The molecule has 39 heavy (non-hydrogen) atoms. The molecule has 0 radical (unpaired) electrons. The van der Waals surface area contributed by atoms with Crippen LogP contribution in [0.1, 0.15) is 59.9 Å². The van der Waals surface area contributed by atoms with E-state index in [9.17, 15) is 14.7 Å². The van der Waals surface area contributed by atoms with Crippen LogP contribution in [0.25, 0.3) is 6.08 Å². The molecule has 4 atom stereocenters. The molecule has 0 aliphatic carbocycles. The lowest BCUT2D eigenvalue weighted by Crippen LogP contribution is -2.37. The van der Waals surface area contributed by atoms with Gasteiger partial charge in [-0.05, 0) is 57.0 Å². The van der Waals surface area contributed by atoms with Crippen molar-refractivity contribution in [2.24, 2.45) is 0 Å². The van der Waals surface area contributed by atoms with Gasteiger partial charge in [-0.2, -0.15) is 0 Å². The van der Waals surface area contributed by atoms with Gasteiger partial charge in [-0.25, -0.2) is 9.59 Å². The Hall–Kier alpha value is -3.66. The molecule has 0 aromatic heterocycles. The number of benzene rings is 2. The Bertz CT molecular complexity index is 1220. The summed E-state index contributed by atoms with van der Waals surface area (Å²) in [5.41, 5.74) is 1.00. The van der Waals surface area contributed by atoms with Crippen molar-refractivity contribution in [3.05, 3.63) is 77.4 Å². The summed E-state index contributed by atoms with van der Waals surface area (Å²) in [4.78, 5) is 26.2. The molecule has 1 saturated heterocycles. The van der Waals surface area contributed by atoms with Gasteiger partial charge in [0.15, 0.2) is 12.6 Å². The summed E-state index contributed by atoms with van der Waals surface area (Å²) in [5, 5.41) is 10.3. The zero-order valence-corrected chi connectivity index (χ0v) is 22.5. The molecule has 0 spiro atoms. The van der Waals surface area contributed by atoms with Crippen molar-refractivity contribution in [3.8, 4) is 11.5 Å². The molecule has 9 nitrogen and oxygen atoms in total. The molecule has 1 fully saturated rings. The lowest BCUT2D eigenvalue weighted by Gasteiger charge is -2.24. The maximum Gasteiger partial charge on any atom is 0.342 e. The molecule has 9 heteroatoms. The molecule has 0 amide bonds. The van der Waals surface area contributed by atoms with Crippen LogP contribution in [0.5, 0.6) is 11.5 Å². The number of rotatable bonds is 5. The van der Waals surface area contributed by atoms with E-state index in [4.69, 9.17) is 28.4 Å². The average Bonchev–Trinajstić information content (AvgIpc) is 3.20. The molecule has 2 aliphatic heterocycles. The van der Waals surface area contributed by atoms with Crippen molar-refractivity contribution in [3.63, 3.8) is 0 Å². The minimum atomic E-state index is -0.911. The van der Waals surface area contributed by atoms with Crippen LogP contribution in [0, 0.1) is 0 Å². The molecule has 2 aromatic carbocycles. The largest absolute Gasteiger partial charge is 0.508 e. The van der Waals surface area contributed by atoms with Crippen LogP contribution < -0.4 is 4.74 Å². The highest BCUT2D eigenvalue weighted by atomic mass is 16.8. The summed E-state index contributed by atoms with van der Waals surface area (Å²) in [7, 11) is 1.46. The van der Waals surface area contributed by atoms with Gasteiger partial charge in [0.25, 0.3) is 0 Å². The van der Waals surface area contributed by atoms with Gasteiger partial charge in [-0.3, -0.25) is 0 Å². The number of esters is 2. The Morgan fingerprint density at radius 2 is 1.87 bits per heavy atom. The molecule has 208 valence electrons. The van der Waals surface area contributed by atoms with Crippen molar-refractivity contribution < 1.29 is 43.1 Å². The van der Waals surface area contributed by atoms with E-state index >= 15 is 0 Å². The Kier molecular flexibility index (Phi) is 9.06. The molecule has 2 heterocycles. The number of phenols is 1. The predicted molar refractivity (Wildman–Crippen MR) is 142 cm³/mol. The molecule has 2 aromatic rings. The van der Waals surface area contributed by atoms with E-state index in [0.717, 1.165) is 0 Å².